The van der Waals surface area contributed by atoms with Crippen LogP contribution in [-0.4, -0.2) is 35.8 Å². The van der Waals surface area contributed by atoms with Crippen molar-refractivity contribution < 1.29 is 14.3 Å². The van der Waals surface area contributed by atoms with E-state index in [0.717, 1.165) is 25.3 Å². The third-order valence-corrected chi connectivity index (χ3v) is 4.45. The number of aliphatic hydroxyl groups is 1. The van der Waals surface area contributed by atoms with Crippen LogP contribution in [0.1, 0.15) is 30.9 Å². The first-order valence-electron chi connectivity index (χ1n) is 8.16. The van der Waals surface area contributed by atoms with Gasteiger partial charge in [-0.1, -0.05) is 19.9 Å². The molecule has 0 aliphatic rings. The number of rotatable bonds is 11. The molecule has 2 heterocycles. The molecule has 0 amide bonds. The standard InChI is InChI=1S/C18H27NO3S/c1-15(2)7-8-19(12-18-6-4-10-23-18)11-16(20)13-21-14-17-5-3-9-22-17/h3-6,9-10,15-16,20H,7-8,11-14H2,1-2H3. The average molecular weight is 337 g/mol. The van der Waals surface area contributed by atoms with E-state index in [2.05, 4.69) is 36.3 Å². The molecular weight excluding hydrogens is 310 g/mol. The maximum absolute atomic E-state index is 10.2. The highest BCUT2D eigenvalue weighted by molar-refractivity contribution is 7.09. The number of hydrogen-bond acceptors (Lipinski definition) is 5. The highest BCUT2D eigenvalue weighted by Crippen LogP contribution is 2.14. The normalized spacial score (nSPS) is 13.1. The lowest BCUT2D eigenvalue weighted by molar-refractivity contribution is 0.00340. The molecule has 0 spiro atoms. The minimum atomic E-state index is -0.489. The van der Waals surface area contributed by atoms with Gasteiger partial charge in [0.15, 0.2) is 0 Å². The molecule has 1 atom stereocenters. The molecule has 1 N–H and O–H groups in total. The summed E-state index contributed by atoms with van der Waals surface area (Å²) in [5.41, 5.74) is 0. The van der Waals surface area contributed by atoms with Crippen LogP contribution in [0, 0.1) is 5.92 Å². The maximum Gasteiger partial charge on any atom is 0.129 e. The summed E-state index contributed by atoms with van der Waals surface area (Å²) in [4.78, 5) is 3.64. The quantitative estimate of drug-likeness (QED) is 0.678. The van der Waals surface area contributed by atoms with Crippen LogP contribution in [0.2, 0.25) is 0 Å². The van der Waals surface area contributed by atoms with Gasteiger partial charge in [-0.3, -0.25) is 4.90 Å². The first-order chi connectivity index (χ1) is 11.1. The van der Waals surface area contributed by atoms with Gasteiger partial charge in [-0.05, 0) is 42.5 Å². The molecule has 5 heteroatoms. The van der Waals surface area contributed by atoms with Gasteiger partial charge in [0.2, 0.25) is 0 Å². The molecule has 0 aliphatic heterocycles. The summed E-state index contributed by atoms with van der Waals surface area (Å²) in [5.74, 6) is 1.45. The Kier molecular flexibility index (Phi) is 7.82. The maximum atomic E-state index is 10.2. The van der Waals surface area contributed by atoms with E-state index in [1.54, 1.807) is 17.6 Å². The number of nitrogens with zero attached hydrogens (tertiary/aromatic N) is 1. The molecule has 23 heavy (non-hydrogen) atoms. The molecule has 2 rings (SSSR count). The fourth-order valence-corrected chi connectivity index (χ4v) is 3.09. The van der Waals surface area contributed by atoms with Crippen molar-refractivity contribution in [1.82, 2.24) is 4.90 Å². The summed E-state index contributed by atoms with van der Waals surface area (Å²) in [6.45, 7) is 7.69. The van der Waals surface area contributed by atoms with Gasteiger partial charge in [0.1, 0.15) is 12.4 Å². The minimum Gasteiger partial charge on any atom is -0.467 e. The van der Waals surface area contributed by atoms with Crippen molar-refractivity contribution in [2.45, 2.75) is 39.5 Å². The molecule has 4 nitrogen and oxygen atoms in total. The number of ether oxygens (including phenoxy) is 1. The molecule has 0 radical (unpaired) electrons. The molecule has 0 bridgehead atoms. The fraction of sp³-hybridized carbons (Fsp3) is 0.556. The monoisotopic (exact) mass is 337 g/mol. The molecule has 0 fully saturated rings. The van der Waals surface area contributed by atoms with Crippen LogP contribution >= 0.6 is 11.3 Å². The summed E-state index contributed by atoms with van der Waals surface area (Å²) < 4.78 is 10.7. The Balaban J connectivity index is 1.75. The van der Waals surface area contributed by atoms with E-state index in [1.165, 1.54) is 4.88 Å². The number of aliphatic hydroxyl groups excluding tert-OH is 1. The molecule has 0 saturated heterocycles. The van der Waals surface area contributed by atoms with E-state index >= 15 is 0 Å². The second kappa shape index (κ2) is 9.88. The SMILES string of the molecule is CC(C)CCN(Cc1cccs1)CC(O)COCc1ccco1. The first kappa shape index (κ1) is 18.2. The van der Waals surface area contributed by atoms with Crippen LogP contribution < -0.4 is 0 Å². The number of hydrogen-bond donors (Lipinski definition) is 1. The van der Waals surface area contributed by atoms with Crippen LogP contribution in [0.3, 0.4) is 0 Å². The van der Waals surface area contributed by atoms with E-state index in [-0.39, 0.29) is 0 Å². The molecule has 128 valence electrons. The zero-order chi connectivity index (χ0) is 16.5. The lowest BCUT2D eigenvalue weighted by Crippen LogP contribution is -2.35. The van der Waals surface area contributed by atoms with Crippen LogP contribution in [0.25, 0.3) is 0 Å². The predicted molar refractivity (Wildman–Crippen MR) is 93.4 cm³/mol. The highest BCUT2D eigenvalue weighted by atomic mass is 32.1. The Labute approximate surface area is 142 Å². The van der Waals surface area contributed by atoms with Crippen LogP contribution in [0.15, 0.2) is 40.3 Å². The molecule has 0 saturated carbocycles. The van der Waals surface area contributed by atoms with E-state index in [0.29, 0.717) is 25.7 Å². The third kappa shape index (κ3) is 7.31. The summed E-state index contributed by atoms with van der Waals surface area (Å²) in [7, 11) is 0. The smallest absolute Gasteiger partial charge is 0.129 e. The summed E-state index contributed by atoms with van der Waals surface area (Å²) in [6.07, 6.45) is 2.27. The Morgan fingerprint density at radius 3 is 2.83 bits per heavy atom. The van der Waals surface area contributed by atoms with Gasteiger partial charge in [0, 0.05) is 18.0 Å². The molecule has 2 aromatic rings. The van der Waals surface area contributed by atoms with Crippen molar-refractivity contribution in [3.8, 4) is 0 Å². The Bertz CT molecular complexity index is 510. The van der Waals surface area contributed by atoms with E-state index in [1.807, 2.05) is 12.1 Å². The molecular formula is C18H27NO3S. The zero-order valence-electron chi connectivity index (χ0n) is 14.0. The Hall–Kier alpha value is -1.14. The fourth-order valence-electron chi connectivity index (χ4n) is 2.34. The average Bonchev–Trinajstić information content (AvgIpc) is 3.18. The van der Waals surface area contributed by atoms with Crippen LogP contribution in [0.4, 0.5) is 0 Å². The van der Waals surface area contributed by atoms with Crippen LogP contribution in [0.5, 0.6) is 0 Å². The second-order valence-electron chi connectivity index (χ2n) is 6.25. The highest BCUT2D eigenvalue weighted by Gasteiger charge is 2.14. The van der Waals surface area contributed by atoms with E-state index < -0.39 is 6.10 Å². The van der Waals surface area contributed by atoms with Crippen molar-refractivity contribution >= 4 is 11.3 Å². The Morgan fingerprint density at radius 2 is 2.17 bits per heavy atom. The van der Waals surface area contributed by atoms with Gasteiger partial charge in [-0.25, -0.2) is 0 Å². The summed E-state index contributed by atoms with van der Waals surface area (Å²) in [6, 6.07) is 7.93. The lowest BCUT2D eigenvalue weighted by Gasteiger charge is -2.25. The van der Waals surface area contributed by atoms with Crippen LogP contribution in [-0.2, 0) is 17.9 Å². The largest absolute Gasteiger partial charge is 0.467 e. The Morgan fingerprint density at radius 1 is 1.30 bits per heavy atom. The van der Waals surface area contributed by atoms with E-state index in [9.17, 15) is 5.11 Å². The third-order valence-electron chi connectivity index (χ3n) is 3.59. The molecule has 0 aliphatic carbocycles. The van der Waals surface area contributed by atoms with Crippen molar-refractivity contribution in [2.75, 3.05) is 19.7 Å². The second-order valence-corrected chi connectivity index (χ2v) is 7.28. The van der Waals surface area contributed by atoms with Crippen molar-refractivity contribution in [3.05, 3.63) is 46.5 Å². The lowest BCUT2D eigenvalue weighted by atomic mass is 10.1. The molecule has 2 aromatic heterocycles. The minimum absolute atomic E-state index is 0.323. The topological polar surface area (TPSA) is 45.8 Å². The van der Waals surface area contributed by atoms with Gasteiger partial charge >= 0.3 is 0 Å². The van der Waals surface area contributed by atoms with Gasteiger partial charge in [-0.2, -0.15) is 0 Å². The predicted octanol–water partition coefficient (Wildman–Crippen LogP) is 3.77. The van der Waals surface area contributed by atoms with Crippen molar-refractivity contribution in [2.24, 2.45) is 5.92 Å². The number of thiophene rings is 1. The molecule has 1 unspecified atom stereocenters. The van der Waals surface area contributed by atoms with Gasteiger partial charge in [0.25, 0.3) is 0 Å². The molecule has 0 aromatic carbocycles. The number of furan rings is 1. The van der Waals surface area contributed by atoms with Gasteiger partial charge < -0.3 is 14.3 Å². The van der Waals surface area contributed by atoms with Gasteiger partial charge in [0.05, 0.1) is 19.0 Å². The summed E-state index contributed by atoms with van der Waals surface area (Å²) >= 11 is 1.76. The van der Waals surface area contributed by atoms with Gasteiger partial charge in [-0.15, -0.1) is 11.3 Å². The first-order valence-corrected chi connectivity index (χ1v) is 9.04. The van der Waals surface area contributed by atoms with Crippen molar-refractivity contribution in [3.63, 3.8) is 0 Å². The van der Waals surface area contributed by atoms with Crippen molar-refractivity contribution in [1.29, 1.82) is 0 Å². The van der Waals surface area contributed by atoms with E-state index in [4.69, 9.17) is 9.15 Å². The zero-order valence-corrected chi connectivity index (χ0v) is 14.8. The summed E-state index contributed by atoms with van der Waals surface area (Å²) in [5, 5.41) is 12.3.